The van der Waals surface area contributed by atoms with Crippen LogP contribution in [-0.4, -0.2) is 48.3 Å². The van der Waals surface area contributed by atoms with Crippen LogP contribution in [-0.2, 0) is 15.3 Å². The summed E-state index contributed by atoms with van der Waals surface area (Å²) in [6, 6.07) is 19.5. The molecule has 2 amide bonds. The van der Waals surface area contributed by atoms with Gasteiger partial charge in [0.05, 0.1) is 18.7 Å². The van der Waals surface area contributed by atoms with Crippen LogP contribution in [0.5, 0.6) is 0 Å². The molecule has 3 fully saturated rings. The molecular formula is C29H33N3O3. The van der Waals surface area contributed by atoms with Crippen LogP contribution in [0.1, 0.15) is 44.1 Å². The number of hydrogen-bond donors (Lipinski definition) is 1. The molecule has 182 valence electrons. The number of aromatic nitrogens is 1. The van der Waals surface area contributed by atoms with E-state index in [4.69, 9.17) is 9.47 Å². The lowest BCUT2D eigenvalue weighted by atomic mass is 9.83. The molecule has 2 aliphatic heterocycles. The Hall–Kier alpha value is -2.96. The molecule has 1 N–H and O–H groups in total. The van der Waals surface area contributed by atoms with E-state index in [2.05, 4.69) is 58.8 Å². The number of nitrogens with one attached hydrogen (secondary N) is 1. The number of ether oxygens (including phenoxy) is 2. The zero-order valence-corrected chi connectivity index (χ0v) is 20.1. The van der Waals surface area contributed by atoms with Crippen molar-refractivity contribution in [3.05, 3.63) is 66.4 Å². The average molecular weight is 472 g/mol. The number of piperidine rings is 1. The highest BCUT2D eigenvalue weighted by Gasteiger charge is 2.47. The number of rotatable bonds is 4. The fourth-order valence-corrected chi connectivity index (χ4v) is 6.02. The van der Waals surface area contributed by atoms with Gasteiger partial charge in [-0.15, -0.1) is 0 Å². The molecule has 6 nitrogen and oxygen atoms in total. The smallest absolute Gasteiger partial charge is 0.317 e. The van der Waals surface area contributed by atoms with Gasteiger partial charge in [-0.25, -0.2) is 4.79 Å². The quantitative estimate of drug-likeness (QED) is 0.548. The van der Waals surface area contributed by atoms with E-state index in [-0.39, 0.29) is 11.9 Å². The number of benzene rings is 2. The number of amides is 2. The maximum absolute atomic E-state index is 12.7. The molecule has 2 aromatic carbocycles. The molecule has 2 saturated heterocycles. The number of nitrogens with zero attached hydrogens (tertiary/aromatic N) is 2. The maximum atomic E-state index is 12.7. The monoisotopic (exact) mass is 471 g/mol. The van der Waals surface area contributed by atoms with Crippen molar-refractivity contribution in [3.8, 4) is 11.1 Å². The van der Waals surface area contributed by atoms with E-state index >= 15 is 0 Å². The van der Waals surface area contributed by atoms with E-state index in [9.17, 15) is 4.79 Å². The minimum absolute atomic E-state index is 0.0904. The van der Waals surface area contributed by atoms with Crippen LogP contribution in [0.2, 0.25) is 0 Å². The first-order valence-corrected chi connectivity index (χ1v) is 13.0. The summed E-state index contributed by atoms with van der Waals surface area (Å²) in [4.78, 5) is 19.1. The zero-order valence-electron chi connectivity index (χ0n) is 20.1. The second-order valence-electron chi connectivity index (χ2n) is 10.0. The Labute approximate surface area is 206 Å². The van der Waals surface area contributed by atoms with Crippen molar-refractivity contribution in [1.29, 1.82) is 0 Å². The highest BCUT2D eigenvalue weighted by atomic mass is 16.7. The van der Waals surface area contributed by atoms with Gasteiger partial charge in [-0.2, -0.15) is 0 Å². The molecule has 0 bridgehead atoms. The summed E-state index contributed by atoms with van der Waals surface area (Å²) in [6.07, 6.45) is 8.24. The van der Waals surface area contributed by atoms with Crippen LogP contribution in [0.3, 0.4) is 0 Å². The average Bonchev–Trinajstić information content (AvgIpc) is 3.62. The van der Waals surface area contributed by atoms with Gasteiger partial charge >= 0.3 is 6.03 Å². The molecule has 0 radical (unpaired) electrons. The fraction of sp³-hybridized carbons (Fsp3) is 0.448. The number of fused-ring (bicyclic) bond motifs is 1. The Morgan fingerprint density at radius 2 is 1.63 bits per heavy atom. The van der Waals surface area contributed by atoms with Crippen molar-refractivity contribution in [3.63, 3.8) is 0 Å². The van der Waals surface area contributed by atoms with Gasteiger partial charge in [-0.1, -0.05) is 49.2 Å². The van der Waals surface area contributed by atoms with Gasteiger partial charge in [-0.05, 0) is 55.0 Å². The molecule has 0 unspecified atom stereocenters. The van der Waals surface area contributed by atoms with Crippen molar-refractivity contribution in [2.75, 3.05) is 26.3 Å². The molecule has 1 aliphatic carbocycles. The molecule has 6 heteroatoms. The third-order valence-corrected chi connectivity index (χ3v) is 7.94. The predicted octanol–water partition coefficient (Wildman–Crippen LogP) is 5.47. The van der Waals surface area contributed by atoms with Crippen LogP contribution in [0.15, 0.2) is 60.8 Å². The highest BCUT2D eigenvalue weighted by molar-refractivity contribution is 5.84. The number of carbonyl (C=O) groups is 1. The molecule has 3 heterocycles. The Kier molecular flexibility index (Phi) is 6.17. The van der Waals surface area contributed by atoms with Crippen LogP contribution in [0.4, 0.5) is 4.79 Å². The van der Waals surface area contributed by atoms with Gasteiger partial charge in [0.2, 0.25) is 0 Å². The molecule has 35 heavy (non-hydrogen) atoms. The third kappa shape index (κ3) is 4.41. The second kappa shape index (κ2) is 9.59. The molecule has 1 aromatic heterocycles. The first-order valence-electron chi connectivity index (χ1n) is 13.0. The number of pyridine rings is 1. The van der Waals surface area contributed by atoms with E-state index in [1.807, 2.05) is 17.2 Å². The molecule has 0 spiro atoms. The molecule has 6 rings (SSSR count). The Balaban J connectivity index is 1.17. The fourth-order valence-electron chi connectivity index (χ4n) is 6.02. The van der Waals surface area contributed by atoms with Crippen LogP contribution in [0, 0.1) is 5.92 Å². The first-order chi connectivity index (χ1) is 17.2. The predicted molar refractivity (Wildman–Crippen MR) is 136 cm³/mol. The number of carbonyl (C=O) groups excluding carboxylic acids is 1. The lowest BCUT2D eigenvalue weighted by Crippen LogP contribution is -2.50. The van der Waals surface area contributed by atoms with Gasteiger partial charge in [-0.3, -0.25) is 4.98 Å². The van der Waals surface area contributed by atoms with Crippen LogP contribution >= 0.6 is 0 Å². The molecule has 0 atom stereocenters. The van der Waals surface area contributed by atoms with Crippen molar-refractivity contribution in [2.24, 2.45) is 5.92 Å². The Morgan fingerprint density at radius 1 is 0.914 bits per heavy atom. The van der Waals surface area contributed by atoms with Crippen LogP contribution < -0.4 is 5.32 Å². The molecule has 3 aromatic rings. The molecular weight excluding hydrogens is 438 g/mol. The Morgan fingerprint density at radius 3 is 2.37 bits per heavy atom. The van der Waals surface area contributed by atoms with Gasteiger partial charge in [0.25, 0.3) is 0 Å². The minimum Gasteiger partial charge on any atom is -0.343 e. The summed E-state index contributed by atoms with van der Waals surface area (Å²) in [6.45, 7) is 2.67. The van der Waals surface area contributed by atoms with E-state index in [0.717, 1.165) is 60.8 Å². The number of urea groups is 1. The lowest BCUT2D eigenvalue weighted by molar-refractivity contribution is -0.213. The normalized spacial score (nSPS) is 21.0. The minimum atomic E-state index is -0.722. The van der Waals surface area contributed by atoms with Gasteiger partial charge in [0.1, 0.15) is 0 Å². The third-order valence-electron chi connectivity index (χ3n) is 7.94. The topological polar surface area (TPSA) is 63.7 Å². The van der Waals surface area contributed by atoms with Crippen molar-refractivity contribution >= 4 is 16.9 Å². The summed E-state index contributed by atoms with van der Waals surface area (Å²) < 4.78 is 12.6. The summed E-state index contributed by atoms with van der Waals surface area (Å²) >= 11 is 0. The Bertz CT molecular complexity index is 1180. The standard InChI is InChI=1S/C29H33N3O3/c33-28(31-26-5-1-2-6-26)32-16-13-25(14-17-32)29(34-18-19-35-29)24-10-7-21(8-11-24)22-9-12-27-23(20-22)4-3-15-30-27/h3-4,7-12,15,20,25-26H,1-2,5-6,13-14,16-19H2,(H,31,33). The van der Waals surface area contributed by atoms with E-state index in [1.54, 1.807) is 0 Å². The number of hydrogen-bond acceptors (Lipinski definition) is 4. The zero-order chi connectivity index (χ0) is 23.7. The first kappa shape index (κ1) is 22.5. The summed E-state index contributed by atoms with van der Waals surface area (Å²) in [5.41, 5.74) is 4.39. The largest absolute Gasteiger partial charge is 0.343 e. The summed E-state index contributed by atoms with van der Waals surface area (Å²) in [5, 5.41) is 4.36. The summed E-state index contributed by atoms with van der Waals surface area (Å²) in [7, 11) is 0. The summed E-state index contributed by atoms with van der Waals surface area (Å²) in [5.74, 6) is -0.502. The van der Waals surface area contributed by atoms with Crippen molar-refractivity contribution in [2.45, 2.75) is 50.4 Å². The molecule has 3 aliphatic rings. The van der Waals surface area contributed by atoms with Crippen LogP contribution in [0.25, 0.3) is 22.0 Å². The molecule has 1 saturated carbocycles. The van der Waals surface area contributed by atoms with E-state index in [0.29, 0.717) is 19.3 Å². The van der Waals surface area contributed by atoms with Gasteiger partial charge in [0, 0.05) is 42.2 Å². The number of likely N-dealkylation sites (tertiary alicyclic amines) is 1. The van der Waals surface area contributed by atoms with Gasteiger partial charge < -0.3 is 19.7 Å². The van der Waals surface area contributed by atoms with Crippen molar-refractivity contribution in [1.82, 2.24) is 15.2 Å². The highest BCUT2D eigenvalue weighted by Crippen LogP contribution is 2.44. The van der Waals surface area contributed by atoms with Gasteiger partial charge in [0.15, 0.2) is 5.79 Å². The van der Waals surface area contributed by atoms with Crippen molar-refractivity contribution < 1.29 is 14.3 Å². The SMILES string of the molecule is O=C(NC1CCCC1)N1CCC(C2(c3ccc(-c4ccc5ncccc5c4)cc3)OCCO2)CC1. The van der Waals surface area contributed by atoms with E-state index < -0.39 is 5.79 Å². The maximum Gasteiger partial charge on any atom is 0.317 e. The second-order valence-corrected chi connectivity index (χ2v) is 10.0. The lowest BCUT2D eigenvalue weighted by Gasteiger charge is -2.41. The van der Waals surface area contributed by atoms with E-state index in [1.165, 1.54) is 18.4 Å².